The molecule has 186 valence electrons. The molecule has 0 bridgehead atoms. The SMILES string of the molecule is COc1nc(Nc2cc(-c3ccc(OC4CCOCC4)c(C#N)c3)ncn2)ccc1C(=O)NCCO. The van der Waals surface area contributed by atoms with Gasteiger partial charge in [0.2, 0.25) is 5.88 Å². The lowest BCUT2D eigenvalue weighted by molar-refractivity contribution is 0.0254. The van der Waals surface area contributed by atoms with E-state index < -0.39 is 5.91 Å². The van der Waals surface area contributed by atoms with Crippen LogP contribution in [0.5, 0.6) is 11.6 Å². The predicted molar refractivity (Wildman–Crippen MR) is 130 cm³/mol. The molecule has 3 heterocycles. The number of ether oxygens (including phenoxy) is 3. The number of pyridine rings is 1. The van der Waals surface area contributed by atoms with Gasteiger partial charge in [0.1, 0.15) is 41.4 Å². The number of hydrogen-bond acceptors (Lipinski definition) is 10. The minimum Gasteiger partial charge on any atom is -0.489 e. The minimum atomic E-state index is -0.401. The van der Waals surface area contributed by atoms with Crippen molar-refractivity contribution in [3.8, 4) is 29.0 Å². The zero-order chi connectivity index (χ0) is 25.3. The smallest absolute Gasteiger partial charge is 0.256 e. The van der Waals surface area contributed by atoms with Crippen molar-refractivity contribution in [2.45, 2.75) is 18.9 Å². The van der Waals surface area contributed by atoms with Crippen molar-refractivity contribution in [3.05, 3.63) is 53.9 Å². The number of aromatic nitrogens is 3. The molecule has 36 heavy (non-hydrogen) atoms. The van der Waals surface area contributed by atoms with Crippen molar-refractivity contribution >= 4 is 17.5 Å². The molecular weight excluding hydrogens is 464 g/mol. The number of rotatable bonds is 9. The van der Waals surface area contributed by atoms with Gasteiger partial charge in [0.05, 0.1) is 38.2 Å². The molecule has 11 nitrogen and oxygen atoms in total. The molecule has 4 rings (SSSR count). The van der Waals surface area contributed by atoms with E-state index in [1.807, 2.05) is 6.07 Å². The highest BCUT2D eigenvalue weighted by atomic mass is 16.5. The van der Waals surface area contributed by atoms with Crippen LogP contribution in [0.3, 0.4) is 0 Å². The Morgan fingerprint density at radius 2 is 2.03 bits per heavy atom. The van der Waals surface area contributed by atoms with Crippen LogP contribution in [-0.4, -0.2) is 65.5 Å². The Balaban J connectivity index is 1.51. The number of aliphatic hydroxyl groups excluding tert-OH is 1. The summed E-state index contributed by atoms with van der Waals surface area (Å²) in [5.41, 5.74) is 2.01. The van der Waals surface area contributed by atoms with Gasteiger partial charge in [0.25, 0.3) is 5.91 Å². The maximum Gasteiger partial charge on any atom is 0.256 e. The first kappa shape index (κ1) is 24.8. The predicted octanol–water partition coefficient (Wildman–Crippen LogP) is 2.44. The number of carbonyl (C=O) groups excluding carboxylic acids is 1. The van der Waals surface area contributed by atoms with Crippen LogP contribution < -0.4 is 20.1 Å². The van der Waals surface area contributed by atoms with Gasteiger partial charge >= 0.3 is 0 Å². The normalized spacial score (nSPS) is 13.5. The Morgan fingerprint density at radius 3 is 2.78 bits per heavy atom. The van der Waals surface area contributed by atoms with Gasteiger partial charge in [-0.05, 0) is 30.3 Å². The molecule has 11 heteroatoms. The van der Waals surface area contributed by atoms with Crippen molar-refractivity contribution in [2.24, 2.45) is 0 Å². The molecule has 0 unspecified atom stereocenters. The molecule has 1 saturated heterocycles. The molecule has 2 aromatic heterocycles. The van der Waals surface area contributed by atoms with Gasteiger partial charge < -0.3 is 30.0 Å². The van der Waals surface area contributed by atoms with Crippen LogP contribution in [-0.2, 0) is 4.74 Å². The Bertz CT molecular complexity index is 1260. The summed E-state index contributed by atoms with van der Waals surface area (Å²) in [6.45, 7) is 1.27. The second-order valence-corrected chi connectivity index (χ2v) is 7.90. The van der Waals surface area contributed by atoms with Crippen LogP contribution >= 0.6 is 0 Å². The molecule has 0 saturated carbocycles. The van der Waals surface area contributed by atoms with Crippen molar-refractivity contribution in [3.63, 3.8) is 0 Å². The van der Waals surface area contributed by atoms with E-state index in [-0.39, 0.29) is 30.7 Å². The fourth-order valence-corrected chi connectivity index (χ4v) is 3.67. The van der Waals surface area contributed by atoms with Crippen LogP contribution in [0.25, 0.3) is 11.3 Å². The average molecular weight is 491 g/mol. The number of nitrogens with one attached hydrogen (secondary N) is 2. The van der Waals surface area contributed by atoms with Crippen LogP contribution in [0.2, 0.25) is 0 Å². The van der Waals surface area contributed by atoms with Gasteiger partial charge in [-0.2, -0.15) is 10.2 Å². The van der Waals surface area contributed by atoms with E-state index in [4.69, 9.17) is 19.3 Å². The first-order valence-electron chi connectivity index (χ1n) is 11.4. The van der Waals surface area contributed by atoms with Gasteiger partial charge in [-0.1, -0.05) is 0 Å². The monoisotopic (exact) mass is 490 g/mol. The van der Waals surface area contributed by atoms with E-state index in [1.165, 1.54) is 13.4 Å². The van der Waals surface area contributed by atoms with Gasteiger partial charge in [0.15, 0.2) is 0 Å². The van der Waals surface area contributed by atoms with E-state index in [0.29, 0.717) is 41.9 Å². The Morgan fingerprint density at radius 1 is 1.19 bits per heavy atom. The van der Waals surface area contributed by atoms with Crippen molar-refractivity contribution < 1.29 is 24.1 Å². The van der Waals surface area contributed by atoms with Gasteiger partial charge in [-0.3, -0.25) is 4.79 Å². The standard InChI is InChI=1S/C25H26N6O5/c1-34-25-19(24(33)27-8-9-32)3-5-22(31-25)30-23-13-20(28-15-29-23)16-2-4-21(17(12-16)14-26)36-18-6-10-35-11-7-18/h2-5,12-13,15,18,32H,6-11H2,1H3,(H,27,33)(H,28,29,30,31). The lowest BCUT2D eigenvalue weighted by atomic mass is 10.1. The number of benzene rings is 1. The van der Waals surface area contributed by atoms with Crippen molar-refractivity contribution in [1.29, 1.82) is 5.26 Å². The Hall–Kier alpha value is -4.27. The molecule has 1 aromatic carbocycles. The Kier molecular flexibility index (Phi) is 8.23. The zero-order valence-corrected chi connectivity index (χ0v) is 19.7. The zero-order valence-electron chi connectivity index (χ0n) is 19.7. The summed E-state index contributed by atoms with van der Waals surface area (Å²) in [4.78, 5) is 25.1. The summed E-state index contributed by atoms with van der Waals surface area (Å²) in [5.74, 6) is 1.14. The summed E-state index contributed by atoms with van der Waals surface area (Å²) < 4.78 is 16.6. The molecule has 3 N–H and O–H groups in total. The number of carbonyl (C=O) groups is 1. The number of nitrogens with zero attached hydrogens (tertiary/aromatic N) is 4. The fraction of sp³-hybridized carbons (Fsp3) is 0.320. The van der Waals surface area contributed by atoms with E-state index in [1.54, 1.807) is 30.3 Å². The highest BCUT2D eigenvalue weighted by molar-refractivity contribution is 5.96. The molecular formula is C25H26N6O5. The number of anilines is 2. The highest BCUT2D eigenvalue weighted by Gasteiger charge is 2.18. The first-order chi connectivity index (χ1) is 17.6. The third-order valence-electron chi connectivity index (χ3n) is 5.48. The average Bonchev–Trinajstić information content (AvgIpc) is 2.92. The molecule has 0 aliphatic carbocycles. The fourth-order valence-electron chi connectivity index (χ4n) is 3.67. The number of amides is 1. The lowest BCUT2D eigenvalue weighted by Gasteiger charge is -2.23. The molecule has 0 atom stereocenters. The maximum atomic E-state index is 12.2. The summed E-state index contributed by atoms with van der Waals surface area (Å²) in [5, 5.41) is 24.2. The number of methoxy groups -OCH3 is 1. The van der Waals surface area contributed by atoms with Crippen molar-refractivity contribution in [2.75, 3.05) is 38.8 Å². The summed E-state index contributed by atoms with van der Waals surface area (Å²) >= 11 is 0. The minimum absolute atomic E-state index is 0.0307. The number of hydrogen-bond donors (Lipinski definition) is 3. The summed E-state index contributed by atoms with van der Waals surface area (Å²) in [6.07, 6.45) is 3.02. The second-order valence-electron chi connectivity index (χ2n) is 7.90. The van der Waals surface area contributed by atoms with E-state index >= 15 is 0 Å². The van der Waals surface area contributed by atoms with Crippen LogP contribution in [0.15, 0.2) is 42.7 Å². The lowest BCUT2D eigenvalue weighted by Crippen LogP contribution is -2.27. The quantitative estimate of drug-likeness (QED) is 0.408. The molecule has 1 amide bonds. The van der Waals surface area contributed by atoms with Gasteiger partial charge in [-0.25, -0.2) is 9.97 Å². The van der Waals surface area contributed by atoms with Crippen LogP contribution in [0, 0.1) is 11.3 Å². The molecule has 0 spiro atoms. The van der Waals surface area contributed by atoms with Crippen molar-refractivity contribution in [1.82, 2.24) is 20.3 Å². The molecule has 1 aliphatic rings. The third kappa shape index (κ3) is 6.04. The van der Waals surface area contributed by atoms with Crippen LogP contribution in [0.4, 0.5) is 11.6 Å². The first-order valence-corrected chi connectivity index (χ1v) is 11.4. The topological polar surface area (TPSA) is 152 Å². The Labute approximate surface area is 208 Å². The summed E-state index contributed by atoms with van der Waals surface area (Å²) in [7, 11) is 1.42. The highest BCUT2D eigenvalue weighted by Crippen LogP contribution is 2.29. The molecule has 1 fully saturated rings. The number of aliphatic hydroxyl groups is 1. The van der Waals surface area contributed by atoms with E-state index in [0.717, 1.165) is 18.4 Å². The number of nitriles is 1. The molecule has 0 radical (unpaired) electrons. The van der Waals surface area contributed by atoms with E-state index in [9.17, 15) is 10.1 Å². The maximum absolute atomic E-state index is 12.2. The van der Waals surface area contributed by atoms with Crippen LogP contribution in [0.1, 0.15) is 28.8 Å². The third-order valence-corrected chi connectivity index (χ3v) is 5.48. The molecule has 3 aromatic rings. The molecule has 1 aliphatic heterocycles. The largest absolute Gasteiger partial charge is 0.489 e. The van der Waals surface area contributed by atoms with Gasteiger partial charge in [0, 0.05) is 31.0 Å². The summed E-state index contributed by atoms with van der Waals surface area (Å²) in [6, 6.07) is 12.5. The van der Waals surface area contributed by atoms with E-state index in [2.05, 4.69) is 31.7 Å². The second kappa shape index (κ2) is 11.9. The van der Waals surface area contributed by atoms with Gasteiger partial charge in [-0.15, -0.1) is 0 Å².